The summed E-state index contributed by atoms with van der Waals surface area (Å²) in [5.74, 6) is -0.446. The first-order valence-corrected chi connectivity index (χ1v) is 7.38. The van der Waals surface area contributed by atoms with E-state index in [9.17, 15) is 9.59 Å². The van der Waals surface area contributed by atoms with E-state index < -0.39 is 6.04 Å². The van der Waals surface area contributed by atoms with Gasteiger partial charge in [-0.2, -0.15) is 0 Å². The molecule has 1 aliphatic heterocycles. The molecule has 112 valence electrons. The minimum Gasteiger partial charge on any atom is -0.340 e. The Labute approximate surface area is 133 Å². The number of fused-ring (bicyclic) bond motifs is 1. The van der Waals surface area contributed by atoms with E-state index in [0.717, 1.165) is 11.1 Å². The third-order valence-electron chi connectivity index (χ3n) is 3.73. The lowest BCUT2D eigenvalue weighted by molar-refractivity contribution is -0.117. The van der Waals surface area contributed by atoms with E-state index >= 15 is 0 Å². The molecule has 3 rings (SSSR count). The molecule has 2 aromatic carbocycles. The van der Waals surface area contributed by atoms with Gasteiger partial charge in [0.2, 0.25) is 5.91 Å². The van der Waals surface area contributed by atoms with Crippen LogP contribution < -0.4 is 10.6 Å². The van der Waals surface area contributed by atoms with Gasteiger partial charge >= 0.3 is 0 Å². The number of anilines is 1. The van der Waals surface area contributed by atoms with Crippen LogP contribution in [0.3, 0.4) is 0 Å². The Morgan fingerprint density at radius 3 is 2.55 bits per heavy atom. The molecule has 4 nitrogen and oxygen atoms in total. The number of nitrogens with one attached hydrogen (secondary N) is 2. The maximum absolute atomic E-state index is 12.4. The number of amides is 2. The topological polar surface area (TPSA) is 58.2 Å². The monoisotopic (exact) mass is 314 g/mol. The number of aryl methyl sites for hydroxylation is 1. The molecule has 0 fully saturated rings. The van der Waals surface area contributed by atoms with E-state index in [1.54, 1.807) is 18.2 Å². The maximum Gasteiger partial charge on any atom is 0.254 e. The predicted octanol–water partition coefficient (Wildman–Crippen LogP) is 2.94. The molecule has 1 atom stereocenters. The lowest BCUT2D eigenvalue weighted by atomic mass is 10.0. The molecule has 1 aliphatic rings. The van der Waals surface area contributed by atoms with Crippen molar-refractivity contribution in [3.05, 3.63) is 64.2 Å². The van der Waals surface area contributed by atoms with Gasteiger partial charge in [-0.1, -0.05) is 35.9 Å². The van der Waals surface area contributed by atoms with Crippen molar-refractivity contribution in [2.75, 3.05) is 5.32 Å². The minimum absolute atomic E-state index is 0.215. The van der Waals surface area contributed by atoms with Crippen LogP contribution in [-0.2, 0) is 11.2 Å². The zero-order chi connectivity index (χ0) is 15.7. The van der Waals surface area contributed by atoms with E-state index in [2.05, 4.69) is 10.6 Å². The summed E-state index contributed by atoms with van der Waals surface area (Å²) >= 11 is 5.86. The maximum atomic E-state index is 12.4. The molecule has 0 aromatic heterocycles. The largest absolute Gasteiger partial charge is 0.340 e. The Hall–Kier alpha value is -2.33. The average molecular weight is 315 g/mol. The molecule has 0 saturated heterocycles. The summed E-state index contributed by atoms with van der Waals surface area (Å²) < 4.78 is 0. The molecule has 2 amide bonds. The SMILES string of the molecule is Cc1cccc2c1C(=O)N[C@@H](Cc1ccc(Cl)cc1)C(=O)N2. The van der Waals surface area contributed by atoms with Gasteiger partial charge in [0.25, 0.3) is 5.91 Å². The smallest absolute Gasteiger partial charge is 0.254 e. The van der Waals surface area contributed by atoms with Crippen LogP contribution in [0.2, 0.25) is 5.02 Å². The Morgan fingerprint density at radius 1 is 1.09 bits per heavy atom. The van der Waals surface area contributed by atoms with Crippen LogP contribution in [0.4, 0.5) is 5.69 Å². The van der Waals surface area contributed by atoms with Gasteiger partial charge in [0.15, 0.2) is 0 Å². The van der Waals surface area contributed by atoms with Gasteiger partial charge in [0.05, 0.1) is 11.3 Å². The molecule has 0 aliphatic carbocycles. The van der Waals surface area contributed by atoms with Crippen molar-refractivity contribution in [2.45, 2.75) is 19.4 Å². The van der Waals surface area contributed by atoms with Crippen LogP contribution in [0.25, 0.3) is 0 Å². The molecule has 0 spiro atoms. The third kappa shape index (κ3) is 2.83. The van der Waals surface area contributed by atoms with Crippen LogP contribution in [0, 0.1) is 6.92 Å². The summed E-state index contributed by atoms with van der Waals surface area (Å²) in [7, 11) is 0. The second-order valence-corrected chi connectivity index (χ2v) is 5.78. The molecule has 0 bridgehead atoms. The van der Waals surface area contributed by atoms with Gasteiger partial charge in [-0.15, -0.1) is 0 Å². The summed E-state index contributed by atoms with van der Waals surface area (Å²) in [5.41, 5.74) is 2.85. The number of hydrogen-bond acceptors (Lipinski definition) is 2. The first kappa shape index (κ1) is 14.6. The number of halogens is 1. The first-order chi connectivity index (χ1) is 10.5. The number of carbonyl (C=O) groups excluding carboxylic acids is 2. The summed E-state index contributed by atoms with van der Waals surface area (Å²) in [4.78, 5) is 24.8. The van der Waals surface area contributed by atoms with Crippen molar-refractivity contribution in [1.29, 1.82) is 0 Å². The fourth-order valence-electron chi connectivity index (χ4n) is 2.59. The lowest BCUT2D eigenvalue weighted by Gasteiger charge is -2.14. The Morgan fingerprint density at radius 2 is 1.82 bits per heavy atom. The van der Waals surface area contributed by atoms with Crippen LogP contribution in [0.15, 0.2) is 42.5 Å². The zero-order valence-corrected chi connectivity index (χ0v) is 12.8. The highest BCUT2D eigenvalue weighted by Crippen LogP contribution is 2.23. The van der Waals surface area contributed by atoms with Gasteiger partial charge in [0, 0.05) is 11.4 Å². The molecule has 1 heterocycles. The molecule has 2 aromatic rings. The van der Waals surface area contributed by atoms with E-state index in [1.807, 2.05) is 31.2 Å². The van der Waals surface area contributed by atoms with Crippen molar-refractivity contribution in [1.82, 2.24) is 5.32 Å². The Bertz CT molecular complexity index is 741. The van der Waals surface area contributed by atoms with Gasteiger partial charge in [0.1, 0.15) is 6.04 Å². The average Bonchev–Trinajstić information content (AvgIpc) is 2.59. The van der Waals surface area contributed by atoms with Crippen molar-refractivity contribution >= 4 is 29.1 Å². The van der Waals surface area contributed by atoms with Gasteiger partial charge in [-0.05, 0) is 36.2 Å². The Kier molecular flexibility index (Phi) is 3.86. The van der Waals surface area contributed by atoms with Gasteiger partial charge in [-0.25, -0.2) is 0 Å². The van der Waals surface area contributed by atoms with E-state index in [0.29, 0.717) is 22.7 Å². The molecular formula is C17H15ClN2O2. The molecular weight excluding hydrogens is 300 g/mol. The molecule has 0 radical (unpaired) electrons. The highest BCUT2D eigenvalue weighted by molar-refractivity contribution is 6.30. The van der Waals surface area contributed by atoms with Crippen LogP contribution in [0.5, 0.6) is 0 Å². The predicted molar refractivity (Wildman–Crippen MR) is 86.2 cm³/mol. The van der Waals surface area contributed by atoms with Crippen molar-refractivity contribution in [2.24, 2.45) is 0 Å². The summed E-state index contributed by atoms with van der Waals surface area (Å²) in [6.07, 6.45) is 0.418. The summed E-state index contributed by atoms with van der Waals surface area (Å²) in [6, 6.07) is 12.0. The van der Waals surface area contributed by atoms with Crippen LogP contribution in [-0.4, -0.2) is 17.9 Å². The normalized spacial score (nSPS) is 17.3. The molecule has 0 saturated carbocycles. The number of rotatable bonds is 2. The van der Waals surface area contributed by atoms with Gasteiger partial charge < -0.3 is 10.6 Å². The number of benzene rings is 2. The highest BCUT2D eigenvalue weighted by atomic mass is 35.5. The third-order valence-corrected chi connectivity index (χ3v) is 3.98. The van der Waals surface area contributed by atoms with Crippen molar-refractivity contribution < 1.29 is 9.59 Å². The van der Waals surface area contributed by atoms with Crippen molar-refractivity contribution in [3.63, 3.8) is 0 Å². The molecule has 5 heteroatoms. The zero-order valence-electron chi connectivity index (χ0n) is 12.0. The van der Waals surface area contributed by atoms with E-state index in [-0.39, 0.29) is 11.8 Å². The number of hydrogen-bond donors (Lipinski definition) is 2. The molecule has 22 heavy (non-hydrogen) atoms. The minimum atomic E-state index is -0.611. The highest BCUT2D eigenvalue weighted by Gasteiger charge is 2.28. The lowest BCUT2D eigenvalue weighted by Crippen LogP contribution is -2.42. The second-order valence-electron chi connectivity index (χ2n) is 5.34. The second kappa shape index (κ2) is 5.81. The van der Waals surface area contributed by atoms with Crippen molar-refractivity contribution in [3.8, 4) is 0 Å². The van der Waals surface area contributed by atoms with Gasteiger partial charge in [-0.3, -0.25) is 9.59 Å². The van der Waals surface area contributed by atoms with Crippen LogP contribution in [0.1, 0.15) is 21.5 Å². The quantitative estimate of drug-likeness (QED) is 0.895. The van der Waals surface area contributed by atoms with E-state index in [1.165, 1.54) is 0 Å². The van der Waals surface area contributed by atoms with Crippen LogP contribution >= 0.6 is 11.6 Å². The summed E-state index contributed by atoms with van der Waals surface area (Å²) in [6.45, 7) is 1.85. The fourth-order valence-corrected chi connectivity index (χ4v) is 2.72. The van der Waals surface area contributed by atoms with E-state index in [4.69, 9.17) is 11.6 Å². The summed E-state index contributed by atoms with van der Waals surface area (Å²) in [5, 5.41) is 6.27. The Balaban J connectivity index is 1.87. The molecule has 0 unspecified atom stereocenters. The standard InChI is InChI=1S/C17H15ClN2O2/c1-10-3-2-4-13-15(10)17(22)20-14(16(21)19-13)9-11-5-7-12(18)8-6-11/h2-8,14H,9H2,1H3,(H,19,21)(H,20,22)/t14-/m0/s1. The molecule has 2 N–H and O–H groups in total. The first-order valence-electron chi connectivity index (χ1n) is 7.00. The number of carbonyl (C=O) groups is 2. The fraction of sp³-hybridized carbons (Fsp3) is 0.176.